The molecule has 0 saturated heterocycles. The summed E-state index contributed by atoms with van der Waals surface area (Å²) in [5, 5.41) is 7.89. The van der Waals surface area contributed by atoms with E-state index >= 15 is 0 Å². The second-order valence-corrected chi connectivity index (χ2v) is 4.83. The number of aromatic nitrogens is 3. The van der Waals surface area contributed by atoms with E-state index in [0.717, 1.165) is 23.1 Å². The number of rotatable bonds is 4. The summed E-state index contributed by atoms with van der Waals surface area (Å²) in [4.78, 5) is 0. The van der Waals surface area contributed by atoms with Crippen molar-refractivity contribution in [3.63, 3.8) is 0 Å². The van der Waals surface area contributed by atoms with E-state index in [4.69, 9.17) is 5.73 Å². The summed E-state index contributed by atoms with van der Waals surface area (Å²) in [5.41, 5.74) is 8.37. The largest absolute Gasteiger partial charge is 0.322 e. The molecule has 0 aliphatic rings. The maximum absolute atomic E-state index is 6.18. The Labute approximate surface area is 109 Å². The topological polar surface area (TPSA) is 56.7 Å². The lowest BCUT2D eigenvalue weighted by atomic mass is 10.0. The Morgan fingerprint density at radius 2 is 2.29 bits per heavy atom. The SMILES string of the molecule is CCn1nncc1C(N)Cc1cccc(Br)c1. The van der Waals surface area contributed by atoms with E-state index in [1.165, 1.54) is 5.56 Å². The Balaban J connectivity index is 2.14. The molecule has 90 valence electrons. The lowest BCUT2D eigenvalue weighted by molar-refractivity contribution is 0.556. The van der Waals surface area contributed by atoms with Crippen LogP contribution in [0.15, 0.2) is 34.9 Å². The molecule has 0 aliphatic heterocycles. The maximum Gasteiger partial charge on any atom is 0.0757 e. The molecule has 0 bridgehead atoms. The molecule has 0 spiro atoms. The lowest BCUT2D eigenvalue weighted by Crippen LogP contribution is -2.18. The van der Waals surface area contributed by atoms with Crippen LogP contribution >= 0.6 is 15.9 Å². The minimum absolute atomic E-state index is 0.0701. The van der Waals surface area contributed by atoms with Crippen LogP contribution in [-0.2, 0) is 13.0 Å². The average Bonchev–Trinajstić information content (AvgIpc) is 2.77. The van der Waals surface area contributed by atoms with E-state index in [-0.39, 0.29) is 6.04 Å². The highest BCUT2D eigenvalue weighted by atomic mass is 79.9. The van der Waals surface area contributed by atoms with Crippen molar-refractivity contribution in [1.29, 1.82) is 0 Å². The van der Waals surface area contributed by atoms with Gasteiger partial charge in [0.1, 0.15) is 0 Å². The van der Waals surface area contributed by atoms with Crippen molar-refractivity contribution < 1.29 is 0 Å². The van der Waals surface area contributed by atoms with Gasteiger partial charge in [-0.15, -0.1) is 5.10 Å². The summed E-state index contributed by atoms with van der Waals surface area (Å²) in [7, 11) is 0. The normalized spacial score (nSPS) is 12.6. The van der Waals surface area contributed by atoms with Crippen LogP contribution in [0.1, 0.15) is 24.2 Å². The third kappa shape index (κ3) is 2.92. The van der Waals surface area contributed by atoms with Crippen molar-refractivity contribution >= 4 is 15.9 Å². The van der Waals surface area contributed by atoms with Gasteiger partial charge in [0.05, 0.1) is 17.9 Å². The van der Waals surface area contributed by atoms with E-state index in [9.17, 15) is 0 Å². The molecule has 1 heterocycles. The zero-order valence-electron chi connectivity index (χ0n) is 9.68. The van der Waals surface area contributed by atoms with Crippen LogP contribution in [0.2, 0.25) is 0 Å². The molecule has 2 rings (SSSR count). The molecule has 17 heavy (non-hydrogen) atoms. The quantitative estimate of drug-likeness (QED) is 0.941. The number of hydrogen-bond acceptors (Lipinski definition) is 3. The third-order valence-electron chi connectivity index (χ3n) is 2.67. The van der Waals surface area contributed by atoms with Crippen LogP contribution in [-0.4, -0.2) is 15.0 Å². The zero-order chi connectivity index (χ0) is 12.3. The van der Waals surface area contributed by atoms with Crippen LogP contribution in [0.4, 0.5) is 0 Å². The van der Waals surface area contributed by atoms with Gasteiger partial charge in [0.2, 0.25) is 0 Å². The Morgan fingerprint density at radius 3 is 3.00 bits per heavy atom. The van der Waals surface area contributed by atoms with E-state index in [1.807, 2.05) is 23.7 Å². The minimum atomic E-state index is -0.0701. The molecule has 1 aromatic heterocycles. The second-order valence-electron chi connectivity index (χ2n) is 3.92. The number of aryl methyl sites for hydroxylation is 1. The van der Waals surface area contributed by atoms with Crippen LogP contribution in [0.3, 0.4) is 0 Å². The first kappa shape index (κ1) is 12.3. The second kappa shape index (κ2) is 5.42. The van der Waals surface area contributed by atoms with Gasteiger partial charge < -0.3 is 5.73 Å². The summed E-state index contributed by atoms with van der Waals surface area (Å²) >= 11 is 3.46. The van der Waals surface area contributed by atoms with Gasteiger partial charge in [0.15, 0.2) is 0 Å². The van der Waals surface area contributed by atoms with Gasteiger partial charge in [-0.2, -0.15) is 0 Å². The minimum Gasteiger partial charge on any atom is -0.322 e. The fourth-order valence-electron chi connectivity index (χ4n) is 1.82. The molecule has 0 fully saturated rings. The fraction of sp³-hybridized carbons (Fsp3) is 0.333. The predicted molar refractivity (Wildman–Crippen MR) is 70.5 cm³/mol. The van der Waals surface area contributed by atoms with Crippen molar-refractivity contribution in [2.24, 2.45) is 5.73 Å². The standard InChI is InChI=1S/C12H15BrN4/c1-2-17-12(8-15-16-17)11(14)7-9-4-3-5-10(13)6-9/h3-6,8,11H,2,7,14H2,1H3. The van der Waals surface area contributed by atoms with Crippen molar-refractivity contribution in [3.8, 4) is 0 Å². The molecule has 5 heteroatoms. The molecular weight excluding hydrogens is 280 g/mol. The Hall–Kier alpha value is -1.20. The lowest BCUT2D eigenvalue weighted by Gasteiger charge is -2.12. The van der Waals surface area contributed by atoms with Gasteiger partial charge in [-0.05, 0) is 31.0 Å². The van der Waals surface area contributed by atoms with Crippen molar-refractivity contribution in [1.82, 2.24) is 15.0 Å². The highest BCUT2D eigenvalue weighted by Gasteiger charge is 2.12. The highest BCUT2D eigenvalue weighted by molar-refractivity contribution is 9.10. The molecule has 1 unspecified atom stereocenters. The Bertz CT molecular complexity index is 495. The van der Waals surface area contributed by atoms with Gasteiger partial charge >= 0.3 is 0 Å². The van der Waals surface area contributed by atoms with Crippen LogP contribution in [0.5, 0.6) is 0 Å². The summed E-state index contributed by atoms with van der Waals surface area (Å²) in [6.45, 7) is 2.82. The third-order valence-corrected chi connectivity index (χ3v) is 3.16. The number of benzene rings is 1. The molecule has 0 radical (unpaired) electrons. The fourth-order valence-corrected chi connectivity index (χ4v) is 2.27. The molecule has 2 aromatic rings. The number of halogens is 1. The van der Waals surface area contributed by atoms with Gasteiger partial charge in [-0.25, -0.2) is 4.68 Å². The molecule has 4 nitrogen and oxygen atoms in total. The molecular formula is C12H15BrN4. The van der Waals surface area contributed by atoms with E-state index in [2.05, 4.69) is 38.4 Å². The molecule has 1 aromatic carbocycles. The monoisotopic (exact) mass is 294 g/mol. The predicted octanol–water partition coefficient (Wildman–Crippen LogP) is 2.30. The summed E-state index contributed by atoms with van der Waals surface area (Å²) in [6.07, 6.45) is 2.53. The zero-order valence-corrected chi connectivity index (χ0v) is 11.3. The molecule has 0 amide bonds. The van der Waals surface area contributed by atoms with Gasteiger partial charge in [-0.3, -0.25) is 0 Å². The Morgan fingerprint density at radius 1 is 1.47 bits per heavy atom. The Kier molecular flexibility index (Phi) is 3.91. The number of nitrogens with zero attached hydrogens (tertiary/aromatic N) is 3. The molecule has 0 saturated carbocycles. The van der Waals surface area contributed by atoms with E-state index in [0.29, 0.717) is 0 Å². The van der Waals surface area contributed by atoms with Gasteiger partial charge in [-0.1, -0.05) is 33.3 Å². The van der Waals surface area contributed by atoms with Crippen LogP contribution in [0, 0.1) is 0 Å². The summed E-state index contributed by atoms with van der Waals surface area (Å²) in [6, 6.07) is 8.11. The highest BCUT2D eigenvalue weighted by Crippen LogP contribution is 2.18. The summed E-state index contributed by atoms with van der Waals surface area (Å²) in [5.74, 6) is 0. The maximum atomic E-state index is 6.18. The molecule has 2 N–H and O–H groups in total. The van der Waals surface area contributed by atoms with Gasteiger partial charge in [0.25, 0.3) is 0 Å². The average molecular weight is 295 g/mol. The number of nitrogens with two attached hydrogens (primary N) is 1. The van der Waals surface area contributed by atoms with E-state index < -0.39 is 0 Å². The van der Waals surface area contributed by atoms with E-state index in [1.54, 1.807) is 6.20 Å². The molecule has 1 atom stereocenters. The van der Waals surface area contributed by atoms with Crippen LogP contribution in [0.25, 0.3) is 0 Å². The van der Waals surface area contributed by atoms with Crippen molar-refractivity contribution in [2.75, 3.05) is 0 Å². The first-order chi connectivity index (χ1) is 8.20. The summed E-state index contributed by atoms with van der Waals surface area (Å²) < 4.78 is 2.91. The first-order valence-corrected chi connectivity index (χ1v) is 6.38. The van der Waals surface area contributed by atoms with Gasteiger partial charge in [0, 0.05) is 11.0 Å². The van der Waals surface area contributed by atoms with Crippen molar-refractivity contribution in [2.45, 2.75) is 25.9 Å². The van der Waals surface area contributed by atoms with Crippen LogP contribution < -0.4 is 5.73 Å². The smallest absolute Gasteiger partial charge is 0.0757 e. The number of hydrogen-bond donors (Lipinski definition) is 1. The first-order valence-electron chi connectivity index (χ1n) is 5.59. The van der Waals surface area contributed by atoms with Crippen molar-refractivity contribution in [3.05, 3.63) is 46.2 Å². The molecule has 0 aliphatic carbocycles.